The van der Waals surface area contributed by atoms with E-state index < -0.39 is 34.6 Å². The highest BCUT2D eigenvalue weighted by Crippen LogP contribution is 2.35. The Morgan fingerprint density at radius 3 is 2.42 bits per heavy atom. The molecule has 2 heterocycles. The summed E-state index contributed by atoms with van der Waals surface area (Å²) in [7, 11) is 1.46. The van der Waals surface area contributed by atoms with Crippen molar-refractivity contribution in [3.05, 3.63) is 38.9 Å². The molecule has 1 saturated heterocycles. The van der Waals surface area contributed by atoms with E-state index in [9.17, 15) is 22.8 Å². The topological polar surface area (TPSA) is 91.5 Å². The Bertz CT molecular complexity index is 1070. The van der Waals surface area contributed by atoms with Crippen molar-refractivity contribution < 1.29 is 27.5 Å². The standard InChI is InChI=1S/C20H20Cl2F3N5O3/c1-11-18(22)19(20(23,24)25)27-30(11)10-17(32)29-5-3-28(4-6-29)14-8-16(33-2)13(21)7-12(14)15(31)9-26/h7,14H,3-6,8,10H2,1-2H3. The van der Waals surface area contributed by atoms with Gasteiger partial charge >= 0.3 is 6.18 Å². The molecule has 0 bridgehead atoms. The van der Waals surface area contributed by atoms with Crippen molar-refractivity contribution in [2.45, 2.75) is 32.1 Å². The molecular formula is C20H20Cl2F3N5O3. The summed E-state index contributed by atoms with van der Waals surface area (Å²) in [6, 6.07) is 1.18. The number of ether oxygens (including phenoxy) is 1. The van der Waals surface area contributed by atoms with Crippen LogP contribution in [0, 0.1) is 18.3 Å². The molecule has 1 aromatic heterocycles. The van der Waals surface area contributed by atoms with Gasteiger partial charge in [0.05, 0.1) is 22.9 Å². The Kier molecular flexibility index (Phi) is 7.41. The number of carbonyl (C=O) groups is 2. The third-order valence-electron chi connectivity index (χ3n) is 5.69. The molecule has 1 aliphatic heterocycles. The van der Waals surface area contributed by atoms with E-state index in [2.05, 4.69) is 5.10 Å². The van der Waals surface area contributed by atoms with E-state index in [1.165, 1.54) is 25.0 Å². The molecule has 0 saturated carbocycles. The van der Waals surface area contributed by atoms with Crippen LogP contribution in [0.2, 0.25) is 5.02 Å². The number of ketones is 1. The molecule has 0 N–H and O–H groups in total. The van der Waals surface area contributed by atoms with Crippen LogP contribution in [0.25, 0.3) is 0 Å². The Morgan fingerprint density at radius 1 is 1.27 bits per heavy atom. The van der Waals surface area contributed by atoms with E-state index in [1.807, 2.05) is 4.90 Å². The van der Waals surface area contributed by atoms with Gasteiger partial charge in [0.15, 0.2) is 5.69 Å². The van der Waals surface area contributed by atoms with Gasteiger partial charge in [-0.3, -0.25) is 19.2 Å². The number of methoxy groups -OCH3 is 1. The highest BCUT2D eigenvalue weighted by atomic mass is 35.5. The molecule has 3 rings (SSSR count). The van der Waals surface area contributed by atoms with Crippen molar-refractivity contribution >= 4 is 34.9 Å². The number of alkyl halides is 3. The molecular weight excluding hydrogens is 486 g/mol. The average Bonchev–Trinajstić information content (AvgIpc) is 3.07. The van der Waals surface area contributed by atoms with Gasteiger partial charge in [-0.05, 0) is 13.0 Å². The van der Waals surface area contributed by atoms with E-state index >= 15 is 0 Å². The largest absolute Gasteiger partial charge is 0.499 e. The maximum absolute atomic E-state index is 13.0. The van der Waals surface area contributed by atoms with Crippen LogP contribution in [-0.2, 0) is 27.0 Å². The molecule has 1 unspecified atom stereocenters. The lowest BCUT2D eigenvalue weighted by Gasteiger charge is -2.40. The number of nitriles is 1. The lowest BCUT2D eigenvalue weighted by molar-refractivity contribution is -0.142. The predicted octanol–water partition coefficient (Wildman–Crippen LogP) is 2.90. The maximum Gasteiger partial charge on any atom is 0.436 e. The second kappa shape index (κ2) is 9.75. The minimum absolute atomic E-state index is 0.0544. The van der Waals surface area contributed by atoms with E-state index in [0.29, 0.717) is 25.3 Å². The molecule has 33 heavy (non-hydrogen) atoms. The fourth-order valence-electron chi connectivity index (χ4n) is 3.85. The highest BCUT2D eigenvalue weighted by molar-refractivity contribution is 6.32. The molecule has 0 aromatic carbocycles. The monoisotopic (exact) mass is 505 g/mol. The van der Waals surface area contributed by atoms with E-state index in [0.717, 1.165) is 4.68 Å². The van der Waals surface area contributed by atoms with Crippen LogP contribution in [0.15, 0.2) is 22.4 Å². The second-order valence-electron chi connectivity index (χ2n) is 7.56. The molecule has 2 aliphatic rings. The first-order valence-corrected chi connectivity index (χ1v) is 10.6. The number of Topliss-reactive ketones (excluding diaryl/α,β-unsaturated/α-hetero) is 1. The van der Waals surface area contributed by atoms with Gasteiger partial charge in [0.1, 0.15) is 18.4 Å². The van der Waals surface area contributed by atoms with Crippen molar-refractivity contribution in [1.82, 2.24) is 19.6 Å². The van der Waals surface area contributed by atoms with E-state index in [1.54, 1.807) is 6.07 Å². The number of rotatable bonds is 5. The van der Waals surface area contributed by atoms with Gasteiger partial charge in [0.25, 0.3) is 5.78 Å². The van der Waals surface area contributed by atoms with Crippen molar-refractivity contribution in [2.75, 3.05) is 33.3 Å². The summed E-state index contributed by atoms with van der Waals surface area (Å²) in [6.45, 7) is 2.31. The second-order valence-corrected chi connectivity index (χ2v) is 8.34. The number of piperazine rings is 1. The molecule has 1 aliphatic carbocycles. The summed E-state index contributed by atoms with van der Waals surface area (Å²) < 4.78 is 45.3. The Balaban J connectivity index is 1.68. The number of hydrogen-bond donors (Lipinski definition) is 0. The molecule has 1 aromatic rings. The highest BCUT2D eigenvalue weighted by Gasteiger charge is 2.39. The normalized spacial score (nSPS) is 19.9. The summed E-state index contributed by atoms with van der Waals surface area (Å²) in [5.41, 5.74) is -0.915. The van der Waals surface area contributed by atoms with Crippen LogP contribution < -0.4 is 0 Å². The summed E-state index contributed by atoms with van der Waals surface area (Å²) in [5.74, 6) is -0.613. The van der Waals surface area contributed by atoms with Gasteiger partial charge in [0, 0.05) is 44.2 Å². The van der Waals surface area contributed by atoms with Gasteiger partial charge in [-0.2, -0.15) is 23.5 Å². The molecule has 8 nitrogen and oxygen atoms in total. The number of amides is 1. The first-order valence-electron chi connectivity index (χ1n) is 9.88. The number of hydrogen-bond acceptors (Lipinski definition) is 6. The quantitative estimate of drug-likeness (QED) is 0.571. The fraction of sp³-hybridized carbons (Fsp3) is 0.500. The van der Waals surface area contributed by atoms with Crippen molar-refractivity contribution in [3.63, 3.8) is 0 Å². The zero-order valence-electron chi connectivity index (χ0n) is 17.7. The number of carbonyl (C=O) groups excluding carboxylic acids is 2. The first kappa shape index (κ1) is 25.1. The fourth-order valence-corrected chi connectivity index (χ4v) is 4.37. The van der Waals surface area contributed by atoms with Gasteiger partial charge in [-0.1, -0.05) is 23.2 Å². The molecule has 13 heteroatoms. The SMILES string of the molecule is COC1=C(Cl)C=C(C(=O)C#N)C(N2CCN(C(=O)Cn3nc(C(F)(F)F)c(Cl)c3C)CC2)C1. The van der Waals surface area contributed by atoms with Crippen LogP contribution in [0.4, 0.5) is 13.2 Å². The third kappa shape index (κ3) is 5.18. The lowest BCUT2D eigenvalue weighted by atomic mass is 9.92. The van der Waals surface area contributed by atoms with Crippen LogP contribution in [0.1, 0.15) is 17.8 Å². The molecule has 1 atom stereocenters. The molecule has 178 valence electrons. The number of halogens is 5. The van der Waals surface area contributed by atoms with Gasteiger partial charge in [-0.15, -0.1) is 0 Å². The smallest absolute Gasteiger partial charge is 0.436 e. The van der Waals surface area contributed by atoms with Crippen LogP contribution >= 0.6 is 23.2 Å². The minimum atomic E-state index is -4.72. The Labute approximate surface area is 197 Å². The zero-order valence-corrected chi connectivity index (χ0v) is 19.3. The lowest BCUT2D eigenvalue weighted by Crippen LogP contribution is -2.54. The van der Waals surface area contributed by atoms with E-state index in [4.69, 9.17) is 33.2 Å². The molecule has 0 radical (unpaired) electrons. The van der Waals surface area contributed by atoms with Crippen LogP contribution in [0.3, 0.4) is 0 Å². The van der Waals surface area contributed by atoms with Gasteiger partial charge < -0.3 is 9.64 Å². The molecule has 1 amide bonds. The first-order chi connectivity index (χ1) is 15.5. The van der Waals surface area contributed by atoms with E-state index in [-0.39, 0.29) is 35.9 Å². The number of nitrogens with zero attached hydrogens (tertiary/aromatic N) is 5. The van der Waals surface area contributed by atoms with Crippen molar-refractivity contribution in [1.29, 1.82) is 5.26 Å². The summed E-state index contributed by atoms with van der Waals surface area (Å²) >= 11 is 11.9. The summed E-state index contributed by atoms with van der Waals surface area (Å²) in [5, 5.41) is 12.3. The third-order valence-corrected chi connectivity index (χ3v) is 6.46. The Morgan fingerprint density at radius 2 is 1.91 bits per heavy atom. The van der Waals surface area contributed by atoms with Crippen LogP contribution in [-0.4, -0.2) is 70.6 Å². The average molecular weight is 506 g/mol. The van der Waals surface area contributed by atoms with Crippen molar-refractivity contribution in [2.24, 2.45) is 0 Å². The summed E-state index contributed by atoms with van der Waals surface area (Å²) in [6.07, 6.45) is -2.99. The van der Waals surface area contributed by atoms with Crippen LogP contribution in [0.5, 0.6) is 0 Å². The predicted molar refractivity (Wildman–Crippen MR) is 112 cm³/mol. The number of allylic oxidation sites excluding steroid dienone is 2. The number of aromatic nitrogens is 2. The zero-order chi connectivity index (χ0) is 24.5. The molecule has 1 fully saturated rings. The maximum atomic E-state index is 13.0. The van der Waals surface area contributed by atoms with Crippen molar-refractivity contribution in [3.8, 4) is 6.07 Å². The minimum Gasteiger partial charge on any atom is -0.499 e. The molecule has 0 spiro atoms. The summed E-state index contributed by atoms with van der Waals surface area (Å²) in [4.78, 5) is 28.3. The Hall–Kier alpha value is -2.55. The van der Waals surface area contributed by atoms with Gasteiger partial charge in [-0.25, -0.2) is 0 Å². The van der Waals surface area contributed by atoms with Gasteiger partial charge in [0.2, 0.25) is 5.91 Å².